The van der Waals surface area contributed by atoms with Gasteiger partial charge in [-0.3, -0.25) is 0 Å². The van der Waals surface area contributed by atoms with Gasteiger partial charge in [0, 0.05) is 12.6 Å². The van der Waals surface area contributed by atoms with Gasteiger partial charge in [-0.05, 0) is 56.1 Å². The van der Waals surface area contributed by atoms with Crippen molar-refractivity contribution < 1.29 is 4.74 Å². The predicted octanol–water partition coefficient (Wildman–Crippen LogP) is 4.15. The minimum atomic E-state index is 0.275. The second-order valence-electron chi connectivity index (χ2n) is 7.22. The Bertz CT molecular complexity index is 492. The number of rotatable bonds is 3. The monoisotopic (exact) mass is 285 g/mol. The fraction of sp³-hybridized carbons (Fsp3) is 0.684. The van der Waals surface area contributed by atoms with E-state index in [1.54, 1.807) is 5.56 Å². The van der Waals surface area contributed by atoms with Crippen LogP contribution in [0, 0.1) is 0 Å². The first-order valence-corrected chi connectivity index (χ1v) is 8.84. The van der Waals surface area contributed by atoms with Crippen molar-refractivity contribution in [1.82, 2.24) is 5.32 Å². The molecule has 4 rings (SSSR count). The van der Waals surface area contributed by atoms with Gasteiger partial charge in [-0.1, -0.05) is 37.1 Å². The van der Waals surface area contributed by atoms with E-state index >= 15 is 0 Å². The van der Waals surface area contributed by atoms with Crippen LogP contribution in [0.4, 0.5) is 0 Å². The molecular weight excluding hydrogens is 258 g/mol. The van der Waals surface area contributed by atoms with Crippen LogP contribution in [0.15, 0.2) is 24.3 Å². The average Bonchev–Trinajstić information content (AvgIpc) is 3.15. The lowest BCUT2D eigenvalue weighted by atomic mass is 9.87. The van der Waals surface area contributed by atoms with E-state index in [0.29, 0.717) is 12.1 Å². The highest BCUT2D eigenvalue weighted by Gasteiger charge is 2.42. The lowest BCUT2D eigenvalue weighted by molar-refractivity contribution is -0.0360. The summed E-state index contributed by atoms with van der Waals surface area (Å²) < 4.78 is 6.43. The van der Waals surface area contributed by atoms with Gasteiger partial charge in [-0.25, -0.2) is 0 Å². The largest absolute Gasteiger partial charge is 0.370 e. The van der Waals surface area contributed by atoms with Gasteiger partial charge >= 0.3 is 0 Å². The van der Waals surface area contributed by atoms with Crippen LogP contribution in [-0.2, 0) is 11.2 Å². The lowest BCUT2D eigenvalue weighted by Crippen LogP contribution is -2.34. The van der Waals surface area contributed by atoms with Crippen molar-refractivity contribution >= 4 is 0 Å². The summed E-state index contributed by atoms with van der Waals surface area (Å²) >= 11 is 0. The number of benzene rings is 1. The molecular formula is C19H27NO. The fourth-order valence-electron chi connectivity index (χ4n) is 4.67. The van der Waals surface area contributed by atoms with E-state index < -0.39 is 0 Å². The van der Waals surface area contributed by atoms with E-state index in [0.717, 1.165) is 6.54 Å². The topological polar surface area (TPSA) is 21.3 Å². The van der Waals surface area contributed by atoms with Gasteiger partial charge < -0.3 is 10.1 Å². The van der Waals surface area contributed by atoms with Crippen LogP contribution in [-0.4, -0.2) is 18.2 Å². The Morgan fingerprint density at radius 3 is 2.81 bits per heavy atom. The molecule has 2 fully saturated rings. The molecule has 1 spiro atoms. The minimum Gasteiger partial charge on any atom is -0.370 e. The summed E-state index contributed by atoms with van der Waals surface area (Å²) in [4.78, 5) is 0. The Morgan fingerprint density at radius 2 is 1.90 bits per heavy atom. The summed E-state index contributed by atoms with van der Waals surface area (Å²) in [7, 11) is 0. The van der Waals surface area contributed by atoms with Crippen LogP contribution in [0.2, 0.25) is 0 Å². The Hall–Kier alpha value is -0.860. The third kappa shape index (κ3) is 2.76. The molecule has 114 valence electrons. The van der Waals surface area contributed by atoms with E-state index in [9.17, 15) is 0 Å². The van der Waals surface area contributed by atoms with Crippen LogP contribution < -0.4 is 5.32 Å². The van der Waals surface area contributed by atoms with Crippen molar-refractivity contribution in [2.75, 3.05) is 6.54 Å². The molecule has 3 aliphatic rings. The molecule has 2 nitrogen and oxygen atoms in total. The van der Waals surface area contributed by atoms with Gasteiger partial charge in [0.15, 0.2) is 0 Å². The zero-order valence-electron chi connectivity index (χ0n) is 12.9. The third-order valence-electron chi connectivity index (χ3n) is 5.81. The Labute approximate surface area is 128 Å². The molecule has 2 heteroatoms. The summed E-state index contributed by atoms with van der Waals surface area (Å²) in [6.07, 6.45) is 12.2. The summed E-state index contributed by atoms with van der Waals surface area (Å²) in [6, 6.07) is 9.49. The maximum absolute atomic E-state index is 6.43. The Kier molecular flexibility index (Phi) is 3.76. The third-order valence-corrected chi connectivity index (χ3v) is 5.81. The van der Waals surface area contributed by atoms with E-state index in [4.69, 9.17) is 4.74 Å². The Balaban J connectivity index is 1.36. The maximum atomic E-state index is 6.43. The first kappa shape index (κ1) is 13.8. The number of hydrogen-bond acceptors (Lipinski definition) is 2. The number of ether oxygens (including phenoxy) is 1. The molecule has 1 aromatic rings. The molecule has 1 N–H and O–H groups in total. The van der Waals surface area contributed by atoms with Crippen molar-refractivity contribution in [3.05, 3.63) is 35.4 Å². The molecule has 1 saturated carbocycles. The first-order valence-electron chi connectivity index (χ1n) is 8.84. The zero-order valence-corrected chi connectivity index (χ0v) is 12.9. The molecule has 0 aromatic heterocycles. The van der Waals surface area contributed by atoms with Crippen molar-refractivity contribution in [2.24, 2.45) is 0 Å². The van der Waals surface area contributed by atoms with Crippen molar-refractivity contribution in [3.8, 4) is 0 Å². The number of fused-ring (bicyclic) bond motifs is 1. The minimum absolute atomic E-state index is 0.275. The highest BCUT2D eigenvalue weighted by atomic mass is 16.5. The van der Waals surface area contributed by atoms with Crippen LogP contribution in [0.3, 0.4) is 0 Å². The molecule has 0 amide bonds. The molecule has 21 heavy (non-hydrogen) atoms. The van der Waals surface area contributed by atoms with Crippen LogP contribution in [0.5, 0.6) is 0 Å². The number of nitrogens with one attached hydrogen (secondary N) is 1. The van der Waals surface area contributed by atoms with Gasteiger partial charge in [0.05, 0.1) is 11.7 Å². The van der Waals surface area contributed by atoms with Gasteiger partial charge in [0.25, 0.3) is 0 Å². The number of hydrogen-bond donors (Lipinski definition) is 1. The normalized spacial score (nSPS) is 30.7. The fourth-order valence-corrected chi connectivity index (χ4v) is 4.67. The zero-order chi connectivity index (χ0) is 14.1. The smallest absolute Gasteiger partial charge is 0.0708 e. The average molecular weight is 285 g/mol. The van der Waals surface area contributed by atoms with E-state index in [1.807, 2.05) is 0 Å². The summed E-state index contributed by atoms with van der Waals surface area (Å²) in [5.74, 6) is 0. The van der Waals surface area contributed by atoms with Gasteiger partial charge in [0.1, 0.15) is 0 Å². The highest BCUT2D eigenvalue weighted by Crippen LogP contribution is 2.43. The Morgan fingerprint density at radius 1 is 1.05 bits per heavy atom. The van der Waals surface area contributed by atoms with Crippen LogP contribution in [0.1, 0.15) is 68.5 Å². The van der Waals surface area contributed by atoms with Gasteiger partial charge in [-0.15, -0.1) is 0 Å². The van der Waals surface area contributed by atoms with Crippen molar-refractivity contribution in [1.29, 1.82) is 0 Å². The van der Waals surface area contributed by atoms with Crippen LogP contribution >= 0.6 is 0 Å². The van der Waals surface area contributed by atoms with Gasteiger partial charge in [-0.2, -0.15) is 0 Å². The molecule has 0 bridgehead atoms. The van der Waals surface area contributed by atoms with E-state index in [-0.39, 0.29) is 5.60 Å². The summed E-state index contributed by atoms with van der Waals surface area (Å²) in [5.41, 5.74) is 3.34. The van der Waals surface area contributed by atoms with Crippen molar-refractivity contribution in [2.45, 2.75) is 75.5 Å². The van der Waals surface area contributed by atoms with Crippen molar-refractivity contribution in [3.63, 3.8) is 0 Å². The summed E-state index contributed by atoms with van der Waals surface area (Å²) in [5, 5.41) is 3.80. The first-order chi connectivity index (χ1) is 10.3. The summed E-state index contributed by atoms with van der Waals surface area (Å²) in [6.45, 7) is 1.03. The molecule has 1 aromatic carbocycles. The van der Waals surface area contributed by atoms with Gasteiger partial charge in [0.2, 0.25) is 0 Å². The number of aryl methyl sites for hydroxylation is 1. The molecule has 2 unspecified atom stereocenters. The molecule has 1 saturated heterocycles. The van der Waals surface area contributed by atoms with E-state index in [2.05, 4.69) is 29.6 Å². The maximum Gasteiger partial charge on any atom is 0.0708 e. The molecule has 0 radical (unpaired) electrons. The second kappa shape index (κ2) is 5.73. The standard InChI is InChI=1S/C19H27NO/c1-2-8-17-15(6-1)7-5-9-18(17)20-14-16-10-13-19(21-16)11-3-4-12-19/h1-2,6,8,16,18,20H,3-5,7,9-14H2. The second-order valence-corrected chi connectivity index (χ2v) is 7.22. The molecule has 2 aliphatic carbocycles. The molecule has 1 aliphatic heterocycles. The molecule has 2 atom stereocenters. The highest BCUT2D eigenvalue weighted by molar-refractivity contribution is 5.32. The predicted molar refractivity (Wildman–Crippen MR) is 85.4 cm³/mol. The van der Waals surface area contributed by atoms with Crippen LogP contribution in [0.25, 0.3) is 0 Å². The lowest BCUT2D eigenvalue weighted by Gasteiger charge is -2.28. The SMILES string of the molecule is c1ccc2c(c1)CCCC2NCC1CCC2(CCCC2)O1. The quantitative estimate of drug-likeness (QED) is 0.901. The van der Waals surface area contributed by atoms with E-state index in [1.165, 1.54) is 63.4 Å². The molecule has 1 heterocycles.